The highest BCUT2D eigenvalue weighted by Crippen LogP contribution is 2.40. The summed E-state index contributed by atoms with van der Waals surface area (Å²) in [5.41, 5.74) is 5.76. The summed E-state index contributed by atoms with van der Waals surface area (Å²) in [6, 6.07) is 37.1. The van der Waals surface area contributed by atoms with Gasteiger partial charge in [0.2, 0.25) is 0 Å². The van der Waals surface area contributed by atoms with Crippen molar-refractivity contribution in [1.82, 2.24) is 0 Å². The van der Waals surface area contributed by atoms with Gasteiger partial charge in [0.05, 0.1) is 28.4 Å². The van der Waals surface area contributed by atoms with Gasteiger partial charge in [-0.2, -0.15) is 5.26 Å². The number of nitriles is 1. The fraction of sp³-hybridized carbons (Fsp3) is 0. The number of nitrogens with zero attached hydrogens (tertiary/aromatic N) is 2. The Balaban J connectivity index is 1.66. The normalized spacial score (nSPS) is 15.2. The van der Waals surface area contributed by atoms with E-state index in [1.807, 2.05) is 60.7 Å². The van der Waals surface area contributed by atoms with Crippen LogP contribution < -0.4 is 5.32 Å². The topological polar surface area (TPSA) is 48.2 Å². The van der Waals surface area contributed by atoms with Crippen LogP contribution in [0.1, 0.15) is 11.1 Å². The van der Waals surface area contributed by atoms with Crippen LogP contribution in [0.25, 0.3) is 27.1 Å². The monoisotopic (exact) mass is 499 g/mol. The Hall–Kier alpha value is -4.20. The molecule has 5 aromatic rings. The molecule has 0 aliphatic carbocycles. The Labute approximate surface area is 205 Å². The lowest BCUT2D eigenvalue weighted by Gasteiger charge is -2.08. The fourth-order valence-corrected chi connectivity index (χ4v) is 4.79. The molecule has 3 nitrogen and oxygen atoms in total. The smallest absolute Gasteiger partial charge is 0.102 e. The quantitative estimate of drug-likeness (QED) is 0.248. The summed E-state index contributed by atoms with van der Waals surface area (Å²) in [5, 5.41) is 18.3. The highest BCUT2D eigenvalue weighted by molar-refractivity contribution is 9.10. The molecule has 1 aliphatic heterocycles. The van der Waals surface area contributed by atoms with Crippen molar-refractivity contribution in [2.45, 2.75) is 0 Å². The van der Waals surface area contributed by atoms with Crippen molar-refractivity contribution in [2.75, 3.05) is 5.32 Å². The zero-order valence-corrected chi connectivity index (χ0v) is 19.7. The summed E-state index contributed by atoms with van der Waals surface area (Å²) >= 11 is 3.49. The van der Waals surface area contributed by atoms with Crippen molar-refractivity contribution in [3.8, 4) is 6.07 Å². The van der Waals surface area contributed by atoms with Gasteiger partial charge < -0.3 is 5.32 Å². The zero-order valence-electron chi connectivity index (χ0n) is 18.1. The van der Waals surface area contributed by atoms with Crippen LogP contribution in [0, 0.1) is 11.3 Å². The lowest BCUT2D eigenvalue weighted by Crippen LogP contribution is -2.05. The van der Waals surface area contributed by atoms with E-state index in [2.05, 4.69) is 69.8 Å². The molecule has 0 radical (unpaired) electrons. The molecule has 0 unspecified atom stereocenters. The van der Waals surface area contributed by atoms with Crippen molar-refractivity contribution < 1.29 is 0 Å². The van der Waals surface area contributed by atoms with E-state index in [1.54, 1.807) is 0 Å². The number of allylic oxidation sites excluding steroid dienone is 2. The molecule has 0 aromatic heterocycles. The first-order chi connectivity index (χ1) is 16.7. The molecule has 1 heterocycles. The van der Waals surface area contributed by atoms with Crippen LogP contribution >= 0.6 is 15.9 Å². The van der Waals surface area contributed by atoms with Crippen molar-refractivity contribution in [2.24, 2.45) is 4.99 Å². The molecule has 5 aromatic carbocycles. The Morgan fingerprint density at radius 2 is 1.41 bits per heavy atom. The van der Waals surface area contributed by atoms with Crippen molar-refractivity contribution in [3.63, 3.8) is 0 Å². The summed E-state index contributed by atoms with van der Waals surface area (Å²) in [5.74, 6) is 0. The van der Waals surface area contributed by atoms with Crippen LogP contribution in [0.3, 0.4) is 0 Å². The van der Waals surface area contributed by atoms with Crippen molar-refractivity contribution >= 4 is 60.1 Å². The predicted molar refractivity (Wildman–Crippen MR) is 144 cm³/mol. The largest absolute Gasteiger partial charge is 0.352 e. The Kier molecular flexibility index (Phi) is 4.98. The Morgan fingerprint density at radius 3 is 2.18 bits per heavy atom. The van der Waals surface area contributed by atoms with E-state index in [0.717, 1.165) is 59.9 Å². The fourth-order valence-electron chi connectivity index (χ4n) is 4.53. The van der Waals surface area contributed by atoms with E-state index in [0.29, 0.717) is 5.57 Å². The number of benzene rings is 5. The molecule has 1 N–H and O–H groups in total. The van der Waals surface area contributed by atoms with Gasteiger partial charge in [-0.05, 0) is 40.6 Å². The van der Waals surface area contributed by atoms with Crippen LogP contribution in [0.2, 0.25) is 0 Å². The first kappa shape index (κ1) is 20.4. The van der Waals surface area contributed by atoms with E-state index >= 15 is 0 Å². The lowest BCUT2D eigenvalue weighted by atomic mass is 9.99. The highest BCUT2D eigenvalue weighted by atomic mass is 79.9. The van der Waals surface area contributed by atoms with Gasteiger partial charge in [-0.3, -0.25) is 0 Å². The van der Waals surface area contributed by atoms with E-state index in [1.165, 1.54) is 0 Å². The molecule has 4 heteroatoms. The lowest BCUT2D eigenvalue weighted by molar-refractivity contribution is 1.48. The molecule has 160 valence electrons. The zero-order chi connectivity index (χ0) is 23.1. The number of fused-ring (bicyclic) bond motifs is 4. The molecule has 0 atom stereocenters. The molecular weight excluding hydrogens is 482 g/mol. The Bertz CT molecular complexity index is 1680. The second kappa shape index (κ2) is 8.30. The molecule has 6 rings (SSSR count). The van der Waals surface area contributed by atoms with Crippen LogP contribution in [0.5, 0.6) is 0 Å². The van der Waals surface area contributed by atoms with Gasteiger partial charge in [0, 0.05) is 20.8 Å². The average Bonchev–Trinajstić information content (AvgIpc) is 3.24. The summed E-state index contributed by atoms with van der Waals surface area (Å²) in [4.78, 5) is 5.16. The third kappa shape index (κ3) is 3.39. The average molecular weight is 500 g/mol. The maximum atomic E-state index is 10.2. The summed E-state index contributed by atoms with van der Waals surface area (Å²) in [6.45, 7) is 0. The first-order valence-electron chi connectivity index (χ1n) is 11.0. The molecule has 0 fully saturated rings. The van der Waals surface area contributed by atoms with Crippen molar-refractivity contribution in [3.05, 3.63) is 124 Å². The van der Waals surface area contributed by atoms with Gasteiger partial charge in [-0.25, -0.2) is 4.99 Å². The summed E-state index contributed by atoms with van der Waals surface area (Å²) < 4.78 is 0.969. The van der Waals surface area contributed by atoms with Gasteiger partial charge in [0.25, 0.3) is 0 Å². The van der Waals surface area contributed by atoms with Crippen LogP contribution in [0.15, 0.2) is 118 Å². The van der Waals surface area contributed by atoms with Crippen LogP contribution in [-0.2, 0) is 0 Å². The van der Waals surface area contributed by atoms with Gasteiger partial charge >= 0.3 is 0 Å². The van der Waals surface area contributed by atoms with Gasteiger partial charge in [0.15, 0.2) is 0 Å². The molecule has 1 aliphatic rings. The molecular formula is C30H18BrN3. The number of rotatable bonds is 2. The number of aliphatic imine (C=N–C) groups is 1. The van der Waals surface area contributed by atoms with Crippen LogP contribution in [0.4, 0.5) is 11.4 Å². The first-order valence-corrected chi connectivity index (χ1v) is 11.8. The second-order valence-corrected chi connectivity index (χ2v) is 9.08. The number of hydrogen-bond acceptors (Lipinski definition) is 3. The SMILES string of the molecule is N#C/C(=C1/Nc2c(ccc3ccccc23)C1=Nc1cccc2ccccc12)c1ccc(Br)cc1. The van der Waals surface area contributed by atoms with Gasteiger partial charge in [0.1, 0.15) is 6.07 Å². The van der Waals surface area contributed by atoms with Gasteiger partial charge in [-0.1, -0.05) is 94.8 Å². The van der Waals surface area contributed by atoms with E-state index in [9.17, 15) is 5.26 Å². The molecule has 0 bridgehead atoms. The minimum absolute atomic E-state index is 0.562. The number of anilines is 1. The van der Waals surface area contributed by atoms with Crippen molar-refractivity contribution in [1.29, 1.82) is 5.26 Å². The van der Waals surface area contributed by atoms with E-state index in [-0.39, 0.29) is 0 Å². The minimum atomic E-state index is 0.562. The summed E-state index contributed by atoms with van der Waals surface area (Å²) in [7, 11) is 0. The highest BCUT2D eigenvalue weighted by Gasteiger charge is 2.28. The molecule has 0 amide bonds. The second-order valence-electron chi connectivity index (χ2n) is 8.16. The predicted octanol–water partition coefficient (Wildman–Crippen LogP) is 8.24. The maximum absolute atomic E-state index is 10.2. The van der Waals surface area contributed by atoms with Gasteiger partial charge in [-0.15, -0.1) is 0 Å². The number of hydrogen-bond donors (Lipinski definition) is 1. The summed E-state index contributed by atoms with van der Waals surface area (Å²) in [6.07, 6.45) is 0. The molecule has 0 saturated carbocycles. The number of halogens is 1. The molecule has 0 spiro atoms. The molecule has 34 heavy (non-hydrogen) atoms. The standard InChI is InChI=1S/C30H18BrN3/c31-22-15-12-21(13-16-22)26(18-32)30-29(33-27-11-5-8-19-6-1-3-9-23(19)27)25-17-14-20-7-2-4-10-24(20)28(25)34-30/h1-17,34H/b30-26-,33-29?. The molecule has 0 saturated heterocycles. The maximum Gasteiger partial charge on any atom is 0.102 e. The van der Waals surface area contributed by atoms with E-state index < -0.39 is 0 Å². The Morgan fingerprint density at radius 1 is 0.735 bits per heavy atom. The third-order valence-corrected chi connectivity index (χ3v) is 6.69. The van der Waals surface area contributed by atoms with E-state index in [4.69, 9.17) is 4.99 Å². The van der Waals surface area contributed by atoms with Crippen LogP contribution in [-0.4, -0.2) is 5.71 Å². The minimum Gasteiger partial charge on any atom is -0.352 e. The number of nitrogens with one attached hydrogen (secondary N) is 1. The third-order valence-electron chi connectivity index (χ3n) is 6.16.